The highest BCUT2D eigenvalue weighted by Gasteiger charge is 2.44. The Morgan fingerprint density at radius 2 is 1.88 bits per heavy atom. The van der Waals surface area contributed by atoms with Crippen molar-refractivity contribution in [2.24, 2.45) is 5.92 Å². The number of fused-ring (bicyclic) bond motifs is 1. The van der Waals surface area contributed by atoms with Crippen LogP contribution in [0.15, 0.2) is 60.8 Å². The maximum absolute atomic E-state index is 14.1. The van der Waals surface area contributed by atoms with E-state index in [-0.39, 0.29) is 11.8 Å². The Hall–Kier alpha value is -2.76. The molecule has 2 saturated heterocycles. The van der Waals surface area contributed by atoms with Crippen LogP contribution in [0.1, 0.15) is 29.5 Å². The fraction of sp³-hybridized carbons (Fsp3) is 0.429. The van der Waals surface area contributed by atoms with Crippen molar-refractivity contribution in [2.45, 2.75) is 31.6 Å². The van der Waals surface area contributed by atoms with Crippen LogP contribution in [0.4, 0.5) is 0 Å². The molecule has 1 amide bonds. The summed E-state index contributed by atoms with van der Waals surface area (Å²) in [5, 5.41) is 1.15. The molecule has 0 radical (unpaired) electrons. The third-order valence-corrected chi connectivity index (χ3v) is 7.18. The van der Waals surface area contributed by atoms with Crippen molar-refractivity contribution in [3.05, 3.63) is 77.5 Å². The normalized spacial score (nSPS) is 21.0. The highest BCUT2D eigenvalue weighted by atomic mass is 16.5. The molecule has 3 aromatic rings. The number of benzene rings is 2. The second kappa shape index (κ2) is 9.62. The van der Waals surface area contributed by atoms with Gasteiger partial charge >= 0.3 is 0 Å². The number of hydrogen-bond donors (Lipinski definition) is 0. The van der Waals surface area contributed by atoms with Crippen molar-refractivity contribution in [1.82, 2.24) is 9.88 Å². The number of hydrogen-bond acceptors (Lipinski definition) is 4. The van der Waals surface area contributed by atoms with Gasteiger partial charge in [-0.15, -0.1) is 0 Å². The minimum atomic E-state index is -0.505. The van der Waals surface area contributed by atoms with Crippen molar-refractivity contribution in [2.75, 3.05) is 39.5 Å². The predicted molar refractivity (Wildman–Crippen MR) is 129 cm³/mol. The Kier molecular flexibility index (Phi) is 6.43. The minimum Gasteiger partial charge on any atom is -0.381 e. The first-order valence-electron chi connectivity index (χ1n) is 12.0. The van der Waals surface area contributed by atoms with E-state index >= 15 is 0 Å². The summed E-state index contributed by atoms with van der Waals surface area (Å²) in [6.45, 7) is 5.96. The highest BCUT2D eigenvalue weighted by Crippen LogP contribution is 2.37. The number of aryl methyl sites for hydroxylation is 1. The van der Waals surface area contributed by atoms with Crippen LogP contribution in [-0.2, 0) is 26.1 Å². The van der Waals surface area contributed by atoms with E-state index in [1.54, 1.807) is 0 Å². The molecule has 3 heterocycles. The largest absolute Gasteiger partial charge is 0.381 e. The van der Waals surface area contributed by atoms with E-state index < -0.39 is 5.41 Å². The van der Waals surface area contributed by atoms with Crippen LogP contribution in [0.2, 0.25) is 0 Å². The first-order chi connectivity index (χ1) is 16.1. The Morgan fingerprint density at radius 3 is 2.70 bits per heavy atom. The Morgan fingerprint density at radius 1 is 1.06 bits per heavy atom. The quantitative estimate of drug-likeness (QED) is 0.602. The van der Waals surface area contributed by atoms with E-state index in [9.17, 15) is 4.79 Å². The summed E-state index contributed by atoms with van der Waals surface area (Å²) in [6, 6.07) is 19.0. The first kappa shape index (κ1) is 22.1. The lowest BCUT2D eigenvalue weighted by Crippen LogP contribution is -2.51. The fourth-order valence-electron chi connectivity index (χ4n) is 5.29. The lowest BCUT2D eigenvalue weighted by molar-refractivity contribution is -0.141. The molecule has 5 nitrogen and oxygen atoms in total. The summed E-state index contributed by atoms with van der Waals surface area (Å²) < 4.78 is 11.6. The molecule has 33 heavy (non-hydrogen) atoms. The number of aromatic nitrogens is 1. The zero-order valence-electron chi connectivity index (χ0n) is 19.3. The number of carbonyl (C=O) groups excluding carboxylic acids is 1. The van der Waals surface area contributed by atoms with Crippen molar-refractivity contribution in [1.29, 1.82) is 0 Å². The Balaban J connectivity index is 1.37. The maximum atomic E-state index is 14.1. The zero-order chi connectivity index (χ0) is 22.7. The SMILES string of the molecule is Cc1ccc(C2(C(=O)N3CCOCC(Cc4ccc5ncccc5c4)C3)CCOCC2)cc1. The van der Waals surface area contributed by atoms with E-state index in [1.165, 1.54) is 11.1 Å². The average Bonchev–Trinajstić information content (AvgIpc) is 3.10. The summed E-state index contributed by atoms with van der Waals surface area (Å²) >= 11 is 0. The average molecular weight is 445 g/mol. The number of pyridine rings is 1. The molecule has 2 aromatic carbocycles. The lowest BCUT2D eigenvalue weighted by atomic mass is 9.72. The van der Waals surface area contributed by atoms with Crippen LogP contribution in [-0.4, -0.2) is 55.3 Å². The smallest absolute Gasteiger partial charge is 0.233 e. The molecule has 0 bridgehead atoms. The van der Waals surface area contributed by atoms with Gasteiger partial charge in [-0.25, -0.2) is 0 Å². The number of carbonyl (C=O) groups is 1. The number of amides is 1. The summed E-state index contributed by atoms with van der Waals surface area (Å²) in [7, 11) is 0. The van der Waals surface area contributed by atoms with Crippen LogP contribution >= 0.6 is 0 Å². The van der Waals surface area contributed by atoms with Crippen molar-refractivity contribution in [3.63, 3.8) is 0 Å². The summed E-state index contributed by atoms with van der Waals surface area (Å²) in [5.41, 5.74) is 4.09. The molecule has 2 fully saturated rings. The van der Waals surface area contributed by atoms with Gasteiger partial charge in [0.25, 0.3) is 0 Å². The van der Waals surface area contributed by atoms with E-state index in [4.69, 9.17) is 9.47 Å². The van der Waals surface area contributed by atoms with Gasteiger partial charge in [0.1, 0.15) is 0 Å². The van der Waals surface area contributed by atoms with Gasteiger partial charge in [0.2, 0.25) is 5.91 Å². The van der Waals surface area contributed by atoms with E-state index in [0.717, 1.165) is 42.3 Å². The van der Waals surface area contributed by atoms with Gasteiger partial charge in [-0.3, -0.25) is 9.78 Å². The van der Waals surface area contributed by atoms with Crippen LogP contribution in [0, 0.1) is 12.8 Å². The highest BCUT2D eigenvalue weighted by molar-refractivity contribution is 5.88. The molecular formula is C28H32N2O3. The molecule has 1 unspecified atom stereocenters. The molecule has 1 aromatic heterocycles. The standard InChI is InChI=1S/C28H32N2O3/c1-21-4-7-25(8-5-21)28(10-14-32-15-11-28)27(31)30-13-16-33-20-23(19-30)17-22-6-9-26-24(18-22)3-2-12-29-26/h2-9,12,18,23H,10-11,13-17,19-20H2,1H3. The second-order valence-electron chi connectivity index (χ2n) is 9.49. The molecule has 0 saturated carbocycles. The van der Waals surface area contributed by atoms with E-state index in [2.05, 4.69) is 65.3 Å². The van der Waals surface area contributed by atoms with E-state index in [0.29, 0.717) is 33.0 Å². The Bertz CT molecular complexity index is 1110. The monoisotopic (exact) mass is 444 g/mol. The molecular weight excluding hydrogens is 412 g/mol. The van der Waals surface area contributed by atoms with Crippen molar-refractivity contribution in [3.8, 4) is 0 Å². The zero-order valence-corrected chi connectivity index (χ0v) is 19.3. The van der Waals surface area contributed by atoms with Crippen LogP contribution < -0.4 is 0 Å². The number of ether oxygens (including phenoxy) is 2. The molecule has 5 rings (SSSR count). The molecule has 0 aliphatic carbocycles. The van der Waals surface area contributed by atoms with Gasteiger partial charge in [0.15, 0.2) is 0 Å². The van der Waals surface area contributed by atoms with Crippen LogP contribution in [0.5, 0.6) is 0 Å². The summed E-state index contributed by atoms with van der Waals surface area (Å²) in [6.07, 6.45) is 4.17. The van der Waals surface area contributed by atoms with Gasteiger partial charge in [0.05, 0.1) is 24.1 Å². The molecule has 0 spiro atoms. The molecule has 2 aliphatic heterocycles. The second-order valence-corrected chi connectivity index (χ2v) is 9.49. The van der Waals surface area contributed by atoms with Gasteiger partial charge in [-0.05, 0) is 55.5 Å². The molecule has 5 heteroatoms. The van der Waals surface area contributed by atoms with Gasteiger partial charge in [0, 0.05) is 43.8 Å². The Labute approximate surface area is 195 Å². The third kappa shape index (κ3) is 4.66. The van der Waals surface area contributed by atoms with Crippen LogP contribution in [0.3, 0.4) is 0 Å². The first-order valence-corrected chi connectivity index (χ1v) is 12.0. The number of rotatable bonds is 4. The molecule has 172 valence electrons. The van der Waals surface area contributed by atoms with E-state index in [1.807, 2.05) is 12.3 Å². The van der Waals surface area contributed by atoms with Gasteiger partial charge in [-0.1, -0.05) is 42.0 Å². The van der Waals surface area contributed by atoms with Crippen LogP contribution in [0.25, 0.3) is 10.9 Å². The topological polar surface area (TPSA) is 51.7 Å². The third-order valence-electron chi connectivity index (χ3n) is 7.18. The van der Waals surface area contributed by atoms with Crippen molar-refractivity contribution >= 4 is 16.8 Å². The summed E-state index contributed by atoms with van der Waals surface area (Å²) in [5.74, 6) is 0.494. The maximum Gasteiger partial charge on any atom is 0.233 e. The molecule has 1 atom stereocenters. The predicted octanol–water partition coefficient (Wildman–Crippen LogP) is 4.31. The fourth-order valence-corrected chi connectivity index (χ4v) is 5.29. The molecule has 2 aliphatic rings. The molecule has 0 N–H and O–H groups in total. The van der Waals surface area contributed by atoms with Gasteiger partial charge < -0.3 is 14.4 Å². The van der Waals surface area contributed by atoms with Gasteiger partial charge in [-0.2, -0.15) is 0 Å². The summed E-state index contributed by atoms with van der Waals surface area (Å²) in [4.78, 5) is 20.6. The number of nitrogens with zero attached hydrogens (tertiary/aromatic N) is 2. The lowest BCUT2D eigenvalue weighted by Gasteiger charge is -2.40. The van der Waals surface area contributed by atoms with Crippen molar-refractivity contribution < 1.29 is 14.3 Å². The minimum absolute atomic E-state index is 0.230.